The van der Waals surface area contributed by atoms with Gasteiger partial charge in [0.2, 0.25) is 0 Å². The Morgan fingerprint density at radius 3 is 2.45 bits per heavy atom. The van der Waals surface area contributed by atoms with Crippen molar-refractivity contribution in [3.63, 3.8) is 0 Å². The van der Waals surface area contributed by atoms with Crippen molar-refractivity contribution in [2.24, 2.45) is 0 Å². The Balaban J connectivity index is 2.02. The largest absolute Gasteiger partial charge is 0.295 e. The zero-order chi connectivity index (χ0) is 7.90. The van der Waals surface area contributed by atoms with E-state index in [9.17, 15) is 0 Å². The predicted octanol–water partition coefficient (Wildman–Crippen LogP) is 2.41. The fourth-order valence-corrected chi connectivity index (χ4v) is 2.35. The smallest absolute Gasteiger partial charge is 0.0156 e. The van der Waals surface area contributed by atoms with E-state index in [1.54, 1.807) is 0 Å². The molecule has 1 aliphatic carbocycles. The van der Waals surface area contributed by atoms with Crippen LogP contribution in [0.15, 0.2) is 0 Å². The van der Waals surface area contributed by atoms with Crippen molar-refractivity contribution in [2.75, 3.05) is 6.54 Å². The Morgan fingerprint density at radius 2 is 1.91 bits per heavy atom. The molecule has 1 saturated heterocycles. The molecular formula is C10H19N. The molecule has 1 nitrogen and oxygen atoms in total. The van der Waals surface area contributed by atoms with Gasteiger partial charge in [0.05, 0.1) is 0 Å². The van der Waals surface area contributed by atoms with Crippen LogP contribution in [-0.2, 0) is 0 Å². The highest BCUT2D eigenvalue weighted by Crippen LogP contribution is 2.37. The molecule has 1 saturated carbocycles. The van der Waals surface area contributed by atoms with E-state index in [2.05, 4.69) is 18.7 Å². The molecule has 0 aromatic rings. The number of likely N-dealkylation sites (tertiary alicyclic amines) is 1. The van der Waals surface area contributed by atoms with Crippen molar-refractivity contribution in [1.29, 1.82) is 0 Å². The van der Waals surface area contributed by atoms with Gasteiger partial charge in [0.25, 0.3) is 0 Å². The molecule has 0 spiro atoms. The van der Waals surface area contributed by atoms with Crippen molar-refractivity contribution in [3.05, 3.63) is 0 Å². The molecule has 1 heteroatoms. The first kappa shape index (κ1) is 7.60. The van der Waals surface area contributed by atoms with E-state index in [4.69, 9.17) is 0 Å². The molecule has 0 aromatic heterocycles. The van der Waals surface area contributed by atoms with Crippen LogP contribution in [0.5, 0.6) is 0 Å². The zero-order valence-electron chi connectivity index (χ0n) is 7.77. The summed E-state index contributed by atoms with van der Waals surface area (Å²) in [5.41, 5.74) is 0.513. The van der Waals surface area contributed by atoms with Crippen molar-refractivity contribution < 1.29 is 0 Å². The third kappa shape index (κ3) is 1.44. The van der Waals surface area contributed by atoms with Gasteiger partial charge in [-0.25, -0.2) is 0 Å². The van der Waals surface area contributed by atoms with Crippen molar-refractivity contribution in [2.45, 2.75) is 57.5 Å². The van der Waals surface area contributed by atoms with Gasteiger partial charge in [-0.15, -0.1) is 0 Å². The predicted molar refractivity (Wildman–Crippen MR) is 47.7 cm³/mol. The normalized spacial score (nSPS) is 32.2. The maximum Gasteiger partial charge on any atom is 0.0156 e. The average Bonchev–Trinajstić information content (AvgIpc) is 2.69. The lowest BCUT2D eigenvalue weighted by Gasteiger charge is -2.42. The second kappa shape index (κ2) is 2.48. The standard InChI is InChI=1S/C10H19N/c1-10(2)7-3-4-8-11(10)9-5-6-9/h9H,3-8H2,1-2H3. The second-order valence-electron chi connectivity index (χ2n) is 4.69. The highest BCUT2D eigenvalue weighted by molar-refractivity contribution is 4.95. The minimum Gasteiger partial charge on any atom is -0.295 e. The maximum atomic E-state index is 2.73. The highest BCUT2D eigenvalue weighted by Gasteiger charge is 2.39. The van der Waals surface area contributed by atoms with Crippen LogP contribution in [0.4, 0.5) is 0 Å². The lowest BCUT2D eigenvalue weighted by atomic mass is 9.90. The SMILES string of the molecule is CC1(C)CCCCN1C1CC1. The van der Waals surface area contributed by atoms with Crippen molar-refractivity contribution in [3.8, 4) is 0 Å². The van der Waals surface area contributed by atoms with E-state index in [0.29, 0.717) is 5.54 Å². The number of rotatable bonds is 1. The Kier molecular flexibility index (Phi) is 1.71. The molecule has 2 rings (SSSR count). The Hall–Kier alpha value is -0.0400. The molecular weight excluding hydrogens is 134 g/mol. The highest BCUT2D eigenvalue weighted by atomic mass is 15.2. The molecule has 0 N–H and O–H groups in total. The molecule has 0 atom stereocenters. The quantitative estimate of drug-likeness (QED) is 0.559. The van der Waals surface area contributed by atoms with E-state index in [0.717, 1.165) is 6.04 Å². The maximum absolute atomic E-state index is 2.73. The molecule has 64 valence electrons. The van der Waals surface area contributed by atoms with Crippen LogP contribution < -0.4 is 0 Å². The molecule has 0 aromatic carbocycles. The Labute approximate surface area is 69.8 Å². The molecule has 0 amide bonds. The van der Waals surface area contributed by atoms with E-state index in [1.165, 1.54) is 38.6 Å². The average molecular weight is 153 g/mol. The molecule has 1 aliphatic heterocycles. The molecule has 2 aliphatic rings. The summed E-state index contributed by atoms with van der Waals surface area (Å²) in [5.74, 6) is 0. The van der Waals surface area contributed by atoms with Crippen LogP contribution in [-0.4, -0.2) is 23.0 Å². The molecule has 0 bridgehead atoms. The topological polar surface area (TPSA) is 3.24 Å². The first-order chi connectivity index (χ1) is 5.20. The van der Waals surface area contributed by atoms with Crippen LogP contribution in [0.3, 0.4) is 0 Å². The fraction of sp³-hybridized carbons (Fsp3) is 1.00. The summed E-state index contributed by atoms with van der Waals surface area (Å²) < 4.78 is 0. The van der Waals surface area contributed by atoms with Crippen LogP contribution in [0.2, 0.25) is 0 Å². The van der Waals surface area contributed by atoms with Crippen LogP contribution in [0, 0.1) is 0 Å². The number of hydrogen-bond donors (Lipinski definition) is 0. The van der Waals surface area contributed by atoms with Gasteiger partial charge in [0, 0.05) is 11.6 Å². The molecule has 0 radical (unpaired) electrons. The van der Waals surface area contributed by atoms with Crippen molar-refractivity contribution in [1.82, 2.24) is 4.90 Å². The molecule has 0 unspecified atom stereocenters. The summed E-state index contributed by atoms with van der Waals surface area (Å²) in [7, 11) is 0. The second-order valence-corrected chi connectivity index (χ2v) is 4.69. The molecule has 1 heterocycles. The van der Waals surface area contributed by atoms with Gasteiger partial charge in [0.1, 0.15) is 0 Å². The van der Waals surface area contributed by atoms with Crippen molar-refractivity contribution >= 4 is 0 Å². The minimum absolute atomic E-state index is 0.513. The van der Waals surface area contributed by atoms with Gasteiger partial charge < -0.3 is 0 Å². The van der Waals surface area contributed by atoms with E-state index in [1.807, 2.05) is 0 Å². The van der Waals surface area contributed by atoms with Gasteiger partial charge in [-0.2, -0.15) is 0 Å². The number of nitrogens with zero attached hydrogens (tertiary/aromatic N) is 1. The van der Waals surface area contributed by atoms with Gasteiger partial charge in [-0.1, -0.05) is 6.42 Å². The minimum atomic E-state index is 0.513. The first-order valence-electron chi connectivity index (χ1n) is 4.97. The van der Waals surface area contributed by atoms with Gasteiger partial charge in [0.15, 0.2) is 0 Å². The first-order valence-corrected chi connectivity index (χ1v) is 4.97. The van der Waals surface area contributed by atoms with Crippen LogP contribution in [0.1, 0.15) is 46.0 Å². The van der Waals surface area contributed by atoms with Gasteiger partial charge in [-0.3, -0.25) is 4.90 Å². The zero-order valence-corrected chi connectivity index (χ0v) is 7.77. The van der Waals surface area contributed by atoms with E-state index >= 15 is 0 Å². The van der Waals surface area contributed by atoms with Crippen LogP contribution >= 0.6 is 0 Å². The number of hydrogen-bond acceptors (Lipinski definition) is 1. The van der Waals surface area contributed by atoms with E-state index in [-0.39, 0.29) is 0 Å². The van der Waals surface area contributed by atoms with Crippen LogP contribution in [0.25, 0.3) is 0 Å². The summed E-state index contributed by atoms with van der Waals surface area (Å²) in [6, 6.07) is 0.963. The lowest BCUT2D eigenvalue weighted by molar-refractivity contribution is 0.0688. The van der Waals surface area contributed by atoms with E-state index < -0.39 is 0 Å². The Morgan fingerprint density at radius 1 is 1.18 bits per heavy atom. The summed E-state index contributed by atoms with van der Waals surface area (Å²) >= 11 is 0. The summed E-state index contributed by atoms with van der Waals surface area (Å²) in [4.78, 5) is 2.73. The molecule has 11 heavy (non-hydrogen) atoms. The Bertz CT molecular complexity index is 147. The number of piperidine rings is 1. The summed E-state index contributed by atoms with van der Waals surface area (Å²) in [5, 5.41) is 0. The summed E-state index contributed by atoms with van der Waals surface area (Å²) in [6.07, 6.45) is 7.20. The van der Waals surface area contributed by atoms with Gasteiger partial charge in [-0.05, 0) is 46.1 Å². The summed E-state index contributed by atoms with van der Waals surface area (Å²) in [6.45, 7) is 6.17. The lowest BCUT2D eigenvalue weighted by Crippen LogP contribution is -2.48. The fourth-order valence-electron chi connectivity index (χ4n) is 2.35. The third-order valence-electron chi connectivity index (χ3n) is 3.20. The monoisotopic (exact) mass is 153 g/mol. The third-order valence-corrected chi connectivity index (χ3v) is 3.20. The van der Waals surface area contributed by atoms with Gasteiger partial charge >= 0.3 is 0 Å². The molecule has 2 fully saturated rings.